The van der Waals surface area contributed by atoms with Gasteiger partial charge in [-0.1, -0.05) is 24.3 Å². The molecule has 0 aliphatic carbocycles. The lowest BCUT2D eigenvalue weighted by Crippen LogP contribution is -2.42. The molecule has 2 aliphatic rings. The van der Waals surface area contributed by atoms with E-state index in [4.69, 9.17) is 0 Å². The molecule has 0 fully saturated rings. The average molecular weight is 429 g/mol. The molecule has 3 aromatic rings. The number of pyridine rings is 1. The molecule has 4 heterocycles. The van der Waals surface area contributed by atoms with E-state index in [2.05, 4.69) is 21.0 Å². The molecule has 0 radical (unpaired) electrons. The van der Waals surface area contributed by atoms with Crippen molar-refractivity contribution >= 4 is 11.8 Å². The normalized spacial score (nSPS) is 15.2. The van der Waals surface area contributed by atoms with E-state index in [1.807, 2.05) is 18.2 Å². The van der Waals surface area contributed by atoms with E-state index in [1.165, 1.54) is 18.0 Å². The van der Waals surface area contributed by atoms with Gasteiger partial charge in [-0.3, -0.25) is 14.4 Å². The van der Waals surface area contributed by atoms with Crippen LogP contribution in [-0.2, 0) is 25.9 Å². The number of hydrogen-bond donors (Lipinski definition) is 1. The van der Waals surface area contributed by atoms with Crippen LogP contribution in [0.2, 0.25) is 0 Å². The average Bonchev–Trinajstić information content (AvgIpc) is 2.83. The van der Waals surface area contributed by atoms with Gasteiger partial charge in [0.05, 0.1) is 5.56 Å². The maximum atomic E-state index is 13.4. The van der Waals surface area contributed by atoms with Crippen LogP contribution < -0.4 is 5.56 Å². The summed E-state index contributed by atoms with van der Waals surface area (Å²) < 4.78 is 0. The van der Waals surface area contributed by atoms with Gasteiger partial charge in [0, 0.05) is 44.8 Å². The molecule has 32 heavy (non-hydrogen) atoms. The highest BCUT2D eigenvalue weighted by atomic mass is 16.2. The lowest BCUT2D eigenvalue weighted by atomic mass is 9.94. The van der Waals surface area contributed by atoms with Crippen LogP contribution in [0.15, 0.2) is 47.7 Å². The number of aromatic nitrogens is 3. The second-order valence-electron chi connectivity index (χ2n) is 8.24. The van der Waals surface area contributed by atoms with Crippen molar-refractivity contribution < 1.29 is 9.59 Å². The summed E-state index contributed by atoms with van der Waals surface area (Å²) in [5, 5.41) is 0. The van der Waals surface area contributed by atoms with Crippen molar-refractivity contribution in [3.63, 3.8) is 0 Å². The fourth-order valence-electron chi connectivity index (χ4n) is 4.48. The van der Waals surface area contributed by atoms with Crippen molar-refractivity contribution in [2.45, 2.75) is 32.9 Å². The van der Waals surface area contributed by atoms with Gasteiger partial charge in [-0.15, -0.1) is 0 Å². The zero-order chi connectivity index (χ0) is 22.2. The summed E-state index contributed by atoms with van der Waals surface area (Å²) in [6.07, 6.45) is 5.89. The molecule has 2 amide bonds. The number of benzene rings is 1. The summed E-state index contributed by atoms with van der Waals surface area (Å²) in [7, 11) is 0. The van der Waals surface area contributed by atoms with Crippen molar-refractivity contribution in [1.29, 1.82) is 0 Å². The molecule has 8 heteroatoms. The molecular weight excluding hydrogens is 406 g/mol. The minimum absolute atomic E-state index is 0.164. The number of carbonyl (C=O) groups excluding carboxylic acids is 2. The molecule has 0 saturated carbocycles. The van der Waals surface area contributed by atoms with E-state index >= 15 is 0 Å². The van der Waals surface area contributed by atoms with Crippen LogP contribution >= 0.6 is 0 Å². The number of hydrogen-bond acceptors (Lipinski definition) is 5. The summed E-state index contributed by atoms with van der Waals surface area (Å²) in [6, 6.07) is 8.08. The van der Waals surface area contributed by atoms with Crippen molar-refractivity contribution in [3.05, 3.63) is 92.4 Å². The first-order chi connectivity index (χ1) is 15.5. The highest BCUT2D eigenvalue weighted by Gasteiger charge is 2.30. The quantitative estimate of drug-likeness (QED) is 0.671. The molecule has 162 valence electrons. The molecule has 5 rings (SSSR count). The van der Waals surface area contributed by atoms with Crippen LogP contribution in [0.3, 0.4) is 0 Å². The van der Waals surface area contributed by atoms with Crippen LogP contribution in [0.25, 0.3) is 0 Å². The third kappa shape index (κ3) is 3.57. The largest absolute Gasteiger partial charge is 0.334 e. The van der Waals surface area contributed by atoms with Gasteiger partial charge in [-0.2, -0.15) is 0 Å². The minimum atomic E-state index is -0.376. The molecule has 2 aliphatic heterocycles. The monoisotopic (exact) mass is 429 g/mol. The van der Waals surface area contributed by atoms with Crippen molar-refractivity contribution in [2.75, 3.05) is 13.1 Å². The minimum Gasteiger partial charge on any atom is -0.334 e. The third-order valence-corrected chi connectivity index (χ3v) is 6.23. The Morgan fingerprint density at radius 2 is 1.56 bits per heavy atom. The zero-order valence-corrected chi connectivity index (χ0v) is 17.8. The number of carbonyl (C=O) groups is 2. The Morgan fingerprint density at radius 3 is 2.34 bits per heavy atom. The predicted molar refractivity (Wildman–Crippen MR) is 117 cm³/mol. The lowest BCUT2D eigenvalue weighted by Gasteiger charge is -2.32. The number of nitrogens with one attached hydrogen (secondary N) is 1. The standard InChI is InChI=1S/C24H23N5O3/c1-15-25-10-18(11-26-15)23(31)28-9-7-20-19(14-28)12-27-22(30)21(20)24(32)29-8-6-16-4-2-3-5-17(16)13-29/h2-5,10-12H,6-9,13-14H2,1H3,(H,27,30). The number of fused-ring (bicyclic) bond motifs is 2. The van der Waals surface area contributed by atoms with Crippen LogP contribution in [0.5, 0.6) is 0 Å². The maximum absolute atomic E-state index is 13.4. The van der Waals surface area contributed by atoms with Gasteiger partial charge in [0.15, 0.2) is 0 Å². The number of aryl methyl sites for hydroxylation is 1. The Kier molecular flexibility index (Phi) is 5.05. The van der Waals surface area contributed by atoms with Crippen molar-refractivity contribution in [2.24, 2.45) is 0 Å². The molecular formula is C24H23N5O3. The Hall–Kier alpha value is -3.81. The van der Waals surface area contributed by atoms with E-state index in [0.29, 0.717) is 44.0 Å². The van der Waals surface area contributed by atoms with Gasteiger partial charge in [-0.05, 0) is 42.0 Å². The first kappa shape index (κ1) is 20.1. The van der Waals surface area contributed by atoms with E-state index in [0.717, 1.165) is 23.1 Å². The van der Waals surface area contributed by atoms with Crippen LogP contribution in [0.4, 0.5) is 0 Å². The second-order valence-corrected chi connectivity index (χ2v) is 8.24. The summed E-state index contributed by atoms with van der Waals surface area (Å²) in [5.74, 6) is 0.193. The Morgan fingerprint density at radius 1 is 0.906 bits per heavy atom. The fraction of sp³-hybridized carbons (Fsp3) is 0.292. The first-order valence-corrected chi connectivity index (χ1v) is 10.7. The van der Waals surface area contributed by atoms with Crippen LogP contribution in [-0.4, -0.2) is 49.7 Å². The molecule has 1 aromatic carbocycles. The number of aromatic amines is 1. The van der Waals surface area contributed by atoms with Gasteiger partial charge >= 0.3 is 0 Å². The van der Waals surface area contributed by atoms with Gasteiger partial charge in [0.25, 0.3) is 17.4 Å². The molecule has 0 bridgehead atoms. The topological polar surface area (TPSA) is 99.3 Å². The van der Waals surface area contributed by atoms with Gasteiger partial charge in [-0.25, -0.2) is 9.97 Å². The lowest BCUT2D eigenvalue weighted by molar-refractivity contribution is 0.0724. The Labute approximate surface area is 184 Å². The van der Waals surface area contributed by atoms with E-state index in [-0.39, 0.29) is 22.9 Å². The zero-order valence-electron chi connectivity index (χ0n) is 17.8. The third-order valence-electron chi connectivity index (χ3n) is 6.23. The number of amides is 2. The molecule has 8 nitrogen and oxygen atoms in total. The summed E-state index contributed by atoms with van der Waals surface area (Å²) >= 11 is 0. The predicted octanol–water partition coefficient (Wildman–Crippen LogP) is 1.87. The smallest absolute Gasteiger partial charge is 0.261 e. The summed E-state index contributed by atoms with van der Waals surface area (Å²) in [5.41, 5.74) is 4.14. The molecule has 0 spiro atoms. The summed E-state index contributed by atoms with van der Waals surface area (Å²) in [6.45, 7) is 3.59. The van der Waals surface area contributed by atoms with Gasteiger partial charge in [0.2, 0.25) is 0 Å². The first-order valence-electron chi connectivity index (χ1n) is 10.7. The SMILES string of the molecule is Cc1ncc(C(=O)N2CCc3c(c[nH]c(=O)c3C(=O)N3CCc4ccccc4C3)C2)cn1. The van der Waals surface area contributed by atoms with E-state index < -0.39 is 0 Å². The Bertz CT molecular complexity index is 1270. The second kappa shape index (κ2) is 8.03. The Balaban J connectivity index is 1.40. The van der Waals surface area contributed by atoms with E-state index in [9.17, 15) is 14.4 Å². The molecule has 2 aromatic heterocycles. The molecule has 0 saturated heterocycles. The highest BCUT2D eigenvalue weighted by Crippen LogP contribution is 2.25. The molecule has 0 atom stereocenters. The number of rotatable bonds is 2. The fourth-order valence-corrected chi connectivity index (χ4v) is 4.48. The van der Waals surface area contributed by atoms with Crippen molar-refractivity contribution in [1.82, 2.24) is 24.8 Å². The molecule has 1 N–H and O–H groups in total. The van der Waals surface area contributed by atoms with E-state index in [1.54, 1.807) is 22.9 Å². The van der Waals surface area contributed by atoms with Crippen molar-refractivity contribution in [3.8, 4) is 0 Å². The maximum Gasteiger partial charge on any atom is 0.261 e. The van der Waals surface area contributed by atoms with Crippen LogP contribution in [0, 0.1) is 6.92 Å². The molecule has 0 unspecified atom stereocenters. The number of nitrogens with zero attached hydrogens (tertiary/aromatic N) is 4. The van der Waals surface area contributed by atoms with Crippen LogP contribution in [0.1, 0.15) is 48.8 Å². The van der Waals surface area contributed by atoms with Gasteiger partial charge < -0.3 is 14.8 Å². The summed E-state index contributed by atoms with van der Waals surface area (Å²) in [4.78, 5) is 53.3. The van der Waals surface area contributed by atoms with Gasteiger partial charge in [0.1, 0.15) is 11.4 Å². The highest BCUT2D eigenvalue weighted by molar-refractivity contribution is 5.96. The number of H-pyrrole nitrogens is 1.